The molecule has 0 aliphatic heterocycles. The molecule has 0 saturated heterocycles. The molecule has 1 N–H and O–H groups in total. The molecule has 1 aromatic heterocycles. The van der Waals surface area contributed by atoms with E-state index in [4.69, 9.17) is 4.74 Å². The molecule has 1 heterocycles. The number of hydrogen-bond donors (Lipinski definition) is 1. The topological polar surface area (TPSA) is 59.4 Å². The highest BCUT2D eigenvalue weighted by Gasteiger charge is 2.33. The monoisotopic (exact) mass is 431 g/mol. The van der Waals surface area contributed by atoms with Gasteiger partial charge in [0.2, 0.25) is 0 Å². The van der Waals surface area contributed by atoms with Crippen LogP contribution >= 0.6 is 7.14 Å². The standard InChI is InChI=1S/C25H38NO3P/c1-5-7-12-16-30(28,17-13-8-6-2)25(27)23-18-26-21(4)24(20(23)3)29-19-22-14-10-9-11-15-22/h9-11,14-15,18,25,27H,5-8,12-13,16-17,19H2,1-4H3. The second-order valence-electron chi connectivity index (χ2n) is 8.21. The molecule has 1 atom stereocenters. The van der Waals surface area contributed by atoms with Gasteiger partial charge in [-0.05, 0) is 32.3 Å². The summed E-state index contributed by atoms with van der Waals surface area (Å²) in [5.41, 5.74) is 3.36. The fourth-order valence-corrected chi connectivity index (χ4v) is 6.79. The van der Waals surface area contributed by atoms with Gasteiger partial charge in [-0.2, -0.15) is 0 Å². The van der Waals surface area contributed by atoms with Gasteiger partial charge in [-0.15, -0.1) is 0 Å². The lowest BCUT2D eigenvalue weighted by atomic mass is 10.1. The average molecular weight is 432 g/mol. The predicted molar refractivity (Wildman–Crippen MR) is 126 cm³/mol. The second-order valence-corrected chi connectivity index (χ2v) is 11.5. The number of aromatic nitrogens is 1. The van der Waals surface area contributed by atoms with Crippen molar-refractivity contribution < 1.29 is 14.4 Å². The van der Waals surface area contributed by atoms with E-state index in [1.807, 2.05) is 44.2 Å². The van der Waals surface area contributed by atoms with Crippen LogP contribution < -0.4 is 4.74 Å². The highest BCUT2D eigenvalue weighted by Crippen LogP contribution is 2.59. The zero-order valence-corrected chi connectivity index (χ0v) is 20.0. The molecule has 2 aromatic rings. The summed E-state index contributed by atoms with van der Waals surface area (Å²) in [6, 6.07) is 9.99. The highest BCUT2D eigenvalue weighted by atomic mass is 31.2. The molecule has 2 rings (SSSR count). The number of unbranched alkanes of at least 4 members (excludes halogenated alkanes) is 4. The number of rotatable bonds is 13. The van der Waals surface area contributed by atoms with Crippen LogP contribution in [-0.2, 0) is 11.2 Å². The Morgan fingerprint density at radius 3 is 2.17 bits per heavy atom. The van der Waals surface area contributed by atoms with Crippen LogP contribution in [0.2, 0.25) is 0 Å². The molecule has 0 radical (unpaired) electrons. The molecule has 0 aliphatic rings. The third kappa shape index (κ3) is 6.68. The number of ether oxygens (including phenoxy) is 1. The van der Waals surface area contributed by atoms with Crippen molar-refractivity contribution in [3.63, 3.8) is 0 Å². The fourth-order valence-electron chi connectivity index (χ4n) is 3.80. The highest BCUT2D eigenvalue weighted by molar-refractivity contribution is 7.64. The van der Waals surface area contributed by atoms with E-state index in [1.54, 1.807) is 6.20 Å². The molecule has 0 bridgehead atoms. The molecular formula is C25H38NO3P. The zero-order chi connectivity index (χ0) is 22.0. The summed E-state index contributed by atoms with van der Waals surface area (Å²) in [5.74, 6) is -0.289. The minimum atomic E-state index is -2.77. The van der Waals surface area contributed by atoms with Crippen molar-refractivity contribution in [1.82, 2.24) is 4.98 Å². The first-order valence-corrected chi connectivity index (χ1v) is 13.5. The number of aliphatic hydroxyl groups excluding tert-OH is 1. The molecule has 166 valence electrons. The molecule has 0 fully saturated rings. The fraction of sp³-hybridized carbons (Fsp3) is 0.560. The van der Waals surface area contributed by atoms with E-state index < -0.39 is 13.0 Å². The second kappa shape index (κ2) is 12.3. The molecule has 0 spiro atoms. The Morgan fingerprint density at radius 1 is 1.00 bits per heavy atom. The Kier molecular flexibility index (Phi) is 10.1. The Bertz CT molecular complexity index is 809. The van der Waals surface area contributed by atoms with Gasteiger partial charge >= 0.3 is 0 Å². The number of pyridine rings is 1. The van der Waals surface area contributed by atoms with Crippen molar-refractivity contribution >= 4 is 7.14 Å². The van der Waals surface area contributed by atoms with Crippen LogP contribution in [0.1, 0.15) is 80.6 Å². The van der Waals surface area contributed by atoms with E-state index in [1.165, 1.54) is 0 Å². The third-order valence-electron chi connectivity index (χ3n) is 5.73. The van der Waals surface area contributed by atoms with Crippen LogP contribution in [0.3, 0.4) is 0 Å². The lowest BCUT2D eigenvalue weighted by molar-refractivity contribution is 0.248. The molecule has 30 heavy (non-hydrogen) atoms. The number of aliphatic hydroxyl groups is 1. The van der Waals surface area contributed by atoms with E-state index in [0.29, 0.717) is 30.2 Å². The van der Waals surface area contributed by atoms with Gasteiger partial charge in [0.05, 0.1) is 5.69 Å². The summed E-state index contributed by atoms with van der Waals surface area (Å²) in [6.45, 7) is 8.57. The quantitative estimate of drug-likeness (QED) is 0.274. The number of aryl methyl sites for hydroxylation is 1. The predicted octanol–water partition coefficient (Wildman–Crippen LogP) is 7.01. The van der Waals surface area contributed by atoms with Crippen molar-refractivity contribution in [2.45, 2.75) is 78.7 Å². The smallest absolute Gasteiger partial charge is 0.144 e. The van der Waals surface area contributed by atoms with Gasteiger partial charge in [0.25, 0.3) is 0 Å². The minimum Gasteiger partial charge on any atom is -0.487 e. The molecular weight excluding hydrogens is 393 g/mol. The maximum atomic E-state index is 13.9. The summed E-state index contributed by atoms with van der Waals surface area (Å²) in [5, 5.41) is 11.3. The first-order chi connectivity index (χ1) is 14.4. The van der Waals surface area contributed by atoms with Gasteiger partial charge in [0, 0.05) is 29.6 Å². The lowest BCUT2D eigenvalue weighted by Crippen LogP contribution is -2.11. The Morgan fingerprint density at radius 2 is 1.60 bits per heavy atom. The first kappa shape index (κ1) is 24.6. The lowest BCUT2D eigenvalue weighted by Gasteiger charge is -2.26. The number of benzene rings is 1. The van der Waals surface area contributed by atoms with E-state index in [9.17, 15) is 9.67 Å². The minimum absolute atomic E-state index is 0.439. The van der Waals surface area contributed by atoms with Gasteiger partial charge in [-0.1, -0.05) is 69.9 Å². The van der Waals surface area contributed by atoms with E-state index in [0.717, 1.165) is 55.3 Å². The number of nitrogens with zero attached hydrogens (tertiary/aromatic N) is 1. The van der Waals surface area contributed by atoms with Crippen molar-refractivity contribution in [2.24, 2.45) is 0 Å². The van der Waals surface area contributed by atoms with Crippen molar-refractivity contribution in [3.05, 3.63) is 58.9 Å². The Hall–Kier alpha value is -1.64. The van der Waals surface area contributed by atoms with Gasteiger partial charge in [-0.3, -0.25) is 4.98 Å². The molecule has 0 amide bonds. The Balaban J connectivity index is 2.26. The van der Waals surface area contributed by atoms with E-state index >= 15 is 0 Å². The van der Waals surface area contributed by atoms with Gasteiger partial charge in [-0.25, -0.2) is 0 Å². The van der Waals surface area contributed by atoms with Gasteiger partial charge < -0.3 is 14.4 Å². The average Bonchev–Trinajstić information content (AvgIpc) is 2.74. The third-order valence-corrected chi connectivity index (χ3v) is 9.05. The summed E-state index contributed by atoms with van der Waals surface area (Å²) in [4.78, 5) is 4.47. The van der Waals surface area contributed by atoms with Crippen molar-refractivity contribution in [3.8, 4) is 5.75 Å². The Labute approximate surface area is 182 Å². The first-order valence-electron chi connectivity index (χ1n) is 11.3. The van der Waals surface area contributed by atoms with Crippen LogP contribution in [0, 0.1) is 13.8 Å². The molecule has 1 unspecified atom stereocenters. The molecule has 4 nitrogen and oxygen atoms in total. The normalized spacial score (nSPS) is 12.7. The van der Waals surface area contributed by atoms with Crippen LogP contribution in [0.25, 0.3) is 0 Å². The maximum absolute atomic E-state index is 13.9. The summed E-state index contributed by atoms with van der Waals surface area (Å²) in [7, 11) is -2.77. The SMILES string of the molecule is CCCCCP(=O)(CCCCC)C(O)c1cnc(C)c(OCc2ccccc2)c1C. The van der Waals surface area contributed by atoms with E-state index in [2.05, 4.69) is 18.8 Å². The van der Waals surface area contributed by atoms with Gasteiger partial charge in [0.1, 0.15) is 25.3 Å². The maximum Gasteiger partial charge on any atom is 0.144 e. The van der Waals surface area contributed by atoms with Crippen molar-refractivity contribution in [2.75, 3.05) is 12.3 Å². The van der Waals surface area contributed by atoms with Crippen LogP contribution in [-0.4, -0.2) is 22.4 Å². The zero-order valence-electron chi connectivity index (χ0n) is 19.1. The molecule has 5 heteroatoms. The van der Waals surface area contributed by atoms with Crippen LogP contribution in [0.15, 0.2) is 36.5 Å². The molecule has 0 aliphatic carbocycles. The summed E-state index contributed by atoms with van der Waals surface area (Å²) >= 11 is 0. The summed E-state index contributed by atoms with van der Waals surface area (Å²) in [6.07, 6.45) is 8.91. The van der Waals surface area contributed by atoms with E-state index in [-0.39, 0.29) is 0 Å². The van der Waals surface area contributed by atoms with Crippen LogP contribution in [0.5, 0.6) is 5.75 Å². The summed E-state index contributed by atoms with van der Waals surface area (Å²) < 4.78 is 20.0. The van der Waals surface area contributed by atoms with Crippen LogP contribution in [0.4, 0.5) is 0 Å². The molecule has 0 saturated carbocycles. The largest absolute Gasteiger partial charge is 0.487 e. The molecule has 1 aromatic carbocycles. The number of hydrogen-bond acceptors (Lipinski definition) is 4. The van der Waals surface area contributed by atoms with Gasteiger partial charge in [0.15, 0.2) is 0 Å². The van der Waals surface area contributed by atoms with Crippen molar-refractivity contribution in [1.29, 1.82) is 0 Å².